The van der Waals surface area contributed by atoms with Gasteiger partial charge in [0.25, 0.3) is 0 Å². The van der Waals surface area contributed by atoms with Crippen molar-refractivity contribution in [2.75, 3.05) is 0 Å². The van der Waals surface area contributed by atoms with Gasteiger partial charge in [-0.25, -0.2) is 0 Å². The van der Waals surface area contributed by atoms with Gasteiger partial charge in [-0.05, 0) is 12.1 Å². The van der Waals surface area contributed by atoms with Gasteiger partial charge in [-0.2, -0.15) is 0 Å². The SMILES string of the molecule is N.[B+]c1ccccc1.[O-]B(O)Oc1ccccc1. The molecule has 2 rings (SSSR count). The van der Waals surface area contributed by atoms with Gasteiger partial charge in [0.2, 0.25) is 0 Å². The smallest absolute Gasteiger partial charge is 0.415 e. The zero-order valence-electron chi connectivity index (χ0n) is 9.90. The van der Waals surface area contributed by atoms with E-state index in [-0.39, 0.29) is 6.15 Å². The van der Waals surface area contributed by atoms with Crippen LogP contribution in [0.1, 0.15) is 0 Å². The van der Waals surface area contributed by atoms with E-state index in [9.17, 15) is 5.02 Å². The summed E-state index contributed by atoms with van der Waals surface area (Å²) in [5.41, 5.74) is 0.822. The van der Waals surface area contributed by atoms with Gasteiger partial charge < -0.3 is 20.9 Å². The van der Waals surface area contributed by atoms with Gasteiger partial charge in [0.15, 0.2) is 0 Å². The monoisotopic (exact) mass is 242 g/mol. The molecule has 0 heterocycles. The van der Waals surface area contributed by atoms with Crippen LogP contribution in [0.3, 0.4) is 0 Å². The Morgan fingerprint density at radius 1 is 0.944 bits per heavy atom. The van der Waals surface area contributed by atoms with Gasteiger partial charge in [0.05, 0.1) is 5.75 Å². The fraction of sp³-hybridized carbons (Fsp3) is 0. The molecule has 0 spiro atoms. The van der Waals surface area contributed by atoms with Crippen LogP contribution in [0.5, 0.6) is 5.75 Å². The Kier molecular flexibility index (Phi) is 8.39. The molecule has 0 saturated carbocycles. The molecule has 4 nitrogen and oxygen atoms in total. The third-order valence-electron chi connectivity index (χ3n) is 1.78. The summed E-state index contributed by atoms with van der Waals surface area (Å²) in [6.07, 6.45) is 0. The summed E-state index contributed by atoms with van der Waals surface area (Å²) in [4.78, 5) is 0. The van der Waals surface area contributed by atoms with E-state index in [1.54, 1.807) is 30.3 Å². The fourth-order valence-electron chi connectivity index (χ4n) is 1.07. The molecule has 18 heavy (non-hydrogen) atoms. The van der Waals surface area contributed by atoms with Gasteiger partial charge >= 0.3 is 51.0 Å². The third kappa shape index (κ3) is 7.51. The van der Waals surface area contributed by atoms with Crippen molar-refractivity contribution in [2.24, 2.45) is 0 Å². The van der Waals surface area contributed by atoms with Gasteiger partial charge in [0, 0.05) is 0 Å². The Bertz CT molecular complexity index is 412. The summed E-state index contributed by atoms with van der Waals surface area (Å²) in [5, 5.41) is 18.3. The molecular formula is C12H14B2NO3. The summed E-state index contributed by atoms with van der Waals surface area (Å²) < 4.78 is 4.41. The summed E-state index contributed by atoms with van der Waals surface area (Å²) in [5.74, 6) is 0.380. The van der Waals surface area contributed by atoms with Gasteiger partial charge in [0.1, 0.15) is 0 Å². The molecule has 91 valence electrons. The minimum atomic E-state index is -1.98. The first-order valence-electron chi connectivity index (χ1n) is 5.04. The maximum atomic E-state index is 10.0. The molecule has 0 amide bonds. The van der Waals surface area contributed by atoms with Crippen LogP contribution in [0.4, 0.5) is 0 Å². The van der Waals surface area contributed by atoms with E-state index in [0.29, 0.717) is 5.75 Å². The molecule has 0 aromatic heterocycles. The van der Waals surface area contributed by atoms with Crippen LogP contribution in [-0.4, -0.2) is 20.2 Å². The molecular weight excluding hydrogens is 228 g/mol. The van der Waals surface area contributed by atoms with E-state index < -0.39 is 7.32 Å². The topological polar surface area (TPSA) is 87.5 Å². The number of hydrogen-bond donors (Lipinski definition) is 2. The molecule has 0 aliphatic heterocycles. The van der Waals surface area contributed by atoms with E-state index in [1.807, 2.05) is 30.3 Å². The second-order valence-corrected chi connectivity index (χ2v) is 3.15. The number of hydrogen-bond acceptors (Lipinski definition) is 4. The van der Waals surface area contributed by atoms with E-state index in [0.717, 1.165) is 5.46 Å². The maximum Gasteiger partial charge on any atom is 0.415 e. The Hall–Kier alpha value is -1.75. The average Bonchev–Trinajstić information content (AvgIpc) is 2.31. The predicted octanol–water partition coefficient (Wildman–Crippen LogP) is 0.0453. The molecule has 2 aromatic rings. The predicted molar refractivity (Wildman–Crippen MR) is 71.9 cm³/mol. The molecule has 0 saturated heterocycles. The molecule has 2 aromatic carbocycles. The molecule has 0 atom stereocenters. The van der Waals surface area contributed by atoms with Crippen molar-refractivity contribution in [1.29, 1.82) is 0 Å². The summed E-state index contributed by atoms with van der Waals surface area (Å²) >= 11 is 0. The quantitative estimate of drug-likeness (QED) is 0.728. The zero-order valence-corrected chi connectivity index (χ0v) is 9.90. The maximum absolute atomic E-state index is 10.0. The molecule has 1 radical (unpaired) electrons. The first-order chi connectivity index (χ1) is 8.18. The second-order valence-electron chi connectivity index (χ2n) is 3.15. The van der Waals surface area contributed by atoms with Gasteiger partial charge in [-0.1, -0.05) is 18.2 Å². The fourth-order valence-corrected chi connectivity index (χ4v) is 1.07. The van der Waals surface area contributed by atoms with E-state index in [1.165, 1.54) is 0 Å². The first-order valence-corrected chi connectivity index (χ1v) is 5.04. The molecule has 6 heteroatoms. The van der Waals surface area contributed by atoms with Crippen molar-refractivity contribution in [3.63, 3.8) is 0 Å². The minimum Gasteiger partial charge on any atom is -0.820 e. The second kappa shape index (κ2) is 9.30. The molecule has 4 N–H and O–H groups in total. The van der Waals surface area contributed by atoms with Crippen molar-refractivity contribution >= 4 is 20.6 Å². The van der Waals surface area contributed by atoms with Crippen molar-refractivity contribution < 1.29 is 14.7 Å². The molecule has 0 fully saturated rings. The molecule has 0 bridgehead atoms. The Balaban J connectivity index is 0.000000321. The number of benzene rings is 2. The number of rotatable bonds is 2. The van der Waals surface area contributed by atoms with Gasteiger partial charge in [-0.15, -0.1) is 0 Å². The Morgan fingerprint density at radius 2 is 1.39 bits per heavy atom. The molecule has 0 aliphatic rings. The van der Waals surface area contributed by atoms with Crippen molar-refractivity contribution in [3.05, 3.63) is 60.7 Å². The molecule has 0 aliphatic carbocycles. The average molecular weight is 242 g/mol. The summed E-state index contributed by atoms with van der Waals surface area (Å²) in [7, 11) is 3.37. The van der Waals surface area contributed by atoms with Crippen LogP contribution < -0.4 is 21.3 Å². The van der Waals surface area contributed by atoms with E-state index in [4.69, 9.17) is 12.9 Å². The standard InChI is InChI=1S/C6H6BO3.C6H5B.H3N/c8-7(9)10-6-4-2-1-3-5-6;7-6-4-2-1-3-5-6;/h1-5,8H;1-5H;1H3/q-1;+1;. The normalized spacial score (nSPS) is 8.28. The minimum absolute atomic E-state index is 0. The summed E-state index contributed by atoms with van der Waals surface area (Å²) in [6, 6.07) is 17.9. The number of para-hydroxylation sites is 1. The largest absolute Gasteiger partial charge is 0.820 e. The van der Waals surface area contributed by atoms with Crippen molar-refractivity contribution in [3.8, 4) is 5.75 Å². The van der Waals surface area contributed by atoms with Crippen LogP contribution in [0.15, 0.2) is 60.7 Å². The Labute approximate surface area is 108 Å². The van der Waals surface area contributed by atoms with Crippen LogP contribution in [-0.2, 0) is 0 Å². The van der Waals surface area contributed by atoms with Crippen LogP contribution in [0.25, 0.3) is 0 Å². The van der Waals surface area contributed by atoms with Crippen molar-refractivity contribution in [2.45, 2.75) is 0 Å². The van der Waals surface area contributed by atoms with Crippen LogP contribution in [0.2, 0.25) is 0 Å². The Morgan fingerprint density at radius 3 is 1.72 bits per heavy atom. The van der Waals surface area contributed by atoms with Crippen LogP contribution in [0, 0.1) is 0 Å². The van der Waals surface area contributed by atoms with E-state index >= 15 is 0 Å². The zero-order chi connectivity index (χ0) is 12.5. The van der Waals surface area contributed by atoms with Crippen molar-refractivity contribution in [1.82, 2.24) is 6.15 Å². The third-order valence-corrected chi connectivity index (χ3v) is 1.78. The van der Waals surface area contributed by atoms with Gasteiger partial charge in [-0.3, -0.25) is 0 Å². The molecule has 0 unspecified atom stereocenters. The summed E-state index contributed by atoms with van der Waals surface area (Å²) in [6.45, 7) is 0. The van der Waals surface area contributed by atoms with Crippen LogP contribution >= 0.6 is 0 Å². The first kappa shape index (κ1) is 16.2. The van der Waals surface area contributed by atoms with E-state index in [2.05, 4.69) is 4.65 Å².